The highest BCUT2D eigenvalue weighted by Gasteiger charge is 2.09. The van der Waals surface area contributed by atoms with E-state index in [1.165, 1.54) is 0 Å². The molecule has 0 bridgehead atoms. The summed E-state index contributed by atoms with van der Waals surface area (Å²) in [5.41, 5.74) is 9.90. The number of para-hydroxylation sites is 2. The number of fused-ring (bicyclic) bond motifs is 1. The van der Waals surface area contributed by atoms with Crippen LogP contribution in [0.15, 0.2) is 42.5 Å². The molecule has 3 rings (SSSR count). The fourth-order valence-corrected chi connectivity index (χ4v) is 2.67. The predicted molar refractivity (Wildman–Crippen MR) is 82.9 cm³/mol. The third kappa shape index (κ3) is 2.30. The molecule has 0 unspecified atom stereocenters. The molecule has 20 heavy (non-hydrogen) atoms. The third-order valence-electron chi connectivity index (χ3n) is 3.53. The number of hydrogen-bond donors (Lipinski definition) is 1. The molecule has 0 fully saturated rings. The summed E-state index contributed by atoms with van der Waals surface area (Å²) in [5, 5.41) is 0.755. The minimum absolute atomic E-state index is 0.507. The lowest BCUT2D eigenvalue weighted by Gasteiger charge is -2.10. The highest BCUT2D eigenvalue weighted by Crippen LogP contribution is 2.22. The average molecular weight is 286 g/mol. The molecule has 0 amide bonds. The SMILES string of the molecule is Cc1nc2ccccc2n1Cc1ccc(CN)cc1Cl. The van der Waals surface area contributed by atoms with Crippen molar-refractivity contribution in [2.24, 2.45) is 5.73 Å². The Morgan fingerprint density at radius 2 is 2.00 bits per heavy atom. The molecule has 0 saturated heterocycles. The summed E-state index contributed by atoms with van der Waals surface area (Å²) in [5.74, 6) is 0.991. The van der Waals surface area contributed by atoms with Gasteiger partial charge in [-0.15, -0.1) is 0 Å². The molecule has 0 saturated carbocycles. The molecule has 0 radical (unpaired) electrons. The summed E-state index contributed by atoms with van der Waals surface area (Å²) in [6, 6.07) is 14.1. The molecule has 2 N–H and O–H groups in total. The van der Waals surface area contributed by atoms with E-state index in [1.54, 1.807) is 0 Å². The molecular formula is C16H16ClN3. The van der Waals surface area contributed by atoms with Gasteiger partial charge in [0.05, 0.1) is 17.6 Å². The monoisotopic (exact) mass is 285 g/mol. The van der Waals surface area contributed by atoms with Crippen LogP contribution in [-0.2, 0) is 13.1 Å². The van der Waals surface area contributed by atoms with Crippen LogP contribution < -0.4 is 5.73 Å². The largest absolute Gasteiger partial charge is 0.326 e. The van der Waals surface area contributed by atoms with Crippen molar-refractivity contribution in [3.8, 4) is 0 Å². The van der Waals surface area contributed by atoms with Crippen molar-refractivity contribution in [2.75, 3.05) is 0 Å². The maximum Gasteiger partial charge on any atom is 0.107 e. The van der Waals surface area contributed by atoms with Gasteiger partial charge >= 0.3 is 0 Å². The fourth-order valence-electron chi connectivity index (χ4n) is 2.41. The molecule has 3 nitrogen and oxygen atoms in total. The zero-order chi connectivity index (χ0) is 14.1. The van der Waals surface area contributed by atoms with E-state index in [-0.39, 0.29) is 0 Å². The fraction of sp³-hybridized carbons (Fsp3) is 0.188. The van der Waals surface area contributed by atoms with E-state index in [4.69, 9.17) is 17.3 Å². The van der Waals surface area contributed by atoms with Crippen LogP contribution in [0.5, 0.6) is 0 Å². The first kappa shape index (κ1) is 13.2. The zero-order valence-corrected chi connectivity index (χ0v) is 12.1. The van der Waals surface area contributed by atoms with Crippen molar-refractivity contribution in [2.45, 2.75) is 20.0 Å². The Kier molecular flexibility index (Phi) is 3.47. The standard InChI is InChI=1S/C16H16ClN3/c1-11-19-15-4-2-3-5-16(15)20(11)10-13-7-6-12(9-18)8-14(13)17/h2-8H,9-10,18H2,1H3. The van der Waals surface area contributed by atoms with E-state index < -0.39 is 0 Å². The smallest absolute Gasteiger partial charge is 0.107 e. The number of rotatable bonds is 3. The molecule has 1 heterocycles. The highest BCUT2D eigenvalue weighted by molar-refractivity contribution is 6.31. The van der Waals surface area contributed by atoms with Crippen molar-refractivity contribution in [1.29, 1.82) is 0 Å². The number of aryl methyl sites for hydroxylation is 1. The second kappa shape index (κ2) is 5.27. The Morgan fingerprint density at radius 3 is 2.75 bits per heavy atom. The molecule has 1 aromatic heterocycles. The normalized spacial score (nSPS) is 11.2. The van der Waals surface area contributed by atoms with Gasteiger partial charge in [0.1, 0.15) is 5.82 Å². The van der Waals surface area contributed by atoms with Crippen LogP contribution in [0.2, 0.25) is 5.02 Å². The molecule has 3 aromatic rings. The third-order valence-corrected chi connectivity index (χ3v) is 3.88. The van der Waals surface area contributed by atoms with E-state index >= 15 is 0 Å². The van der Waals surface area contributed by atoms with Gasteiger partial charge in [-0.25, -0.2) is 4.98 Å². The maximum atomic E-state index is 6.34. The minimum Gasteiger partial charge on any atom is -0.326 e. The maximum absolute atomic E-state index is 6.34. The molecule has 102 valence electrons. The van der Waals surface area contributed by atoms with Gasteiger partial charge in [-0.05, 0) is 36.2 Å². The van der Waals surface area contributed by atoms with Gasteiger partial charge in [-0.1, -0.05) is 35.9 Å². The summed E-state index contributed by atoms with van der Waals surface area (Å²) in [6.45, 7) is 3.24. The van der Waals surface area contributed by atoms with Crippen LogP contribution in [-0.4, -0.2) is 9.55 Å². The summed E-state index contributed by atoms with van der Waals surface area (Å²) < 4.78 is 2.18. The zero-order valence-electron chi connectivity index (χ0n) is 11.3. The summed E-state index contributed by atoms with van der Waals surface area (Å²) in [6.07, 6.45) is 0. The number of imidazole rings is 1. The second-order valence-electron chi connectivity index (χ2n) is 4.86. The molecule has 0 aliphatic rings. The van der Waals surface area contributed by atoms with E-state index in [1.807, 2.05) is 43.3 Å². The van der Waals surface area contributed by atoms with Gasteiger partial charge in [0.25, 0.3) is 0 Å². The number of hydrogen-bond acceptors (Lipinski definition) is 2. The Balaban J connectivity index is 2.03. The van der Waals surface area contributed by atoms with Crippen molar-refractivity contribution in [3.05, 3.63) is 64.4 Å². The molecule has 0 atom stereocenters. The van der Waals surface area contributed by atoms with Crippen LogP contribution in [0.4, 0.5) is 0 Å². The molecule has 4 heteroatoms. The lowest BCUT2D eigenvalue weighted by molar-refractivity contribution is 0.785. The molecule has 0 aliphatic heterocycles. The number of nitrogens with zero attached hydrogens (tertiary/aromatic N) is 2. The summed E-state index contributed by atoms with van der Waals surface area (Å²) in [4.78, 5) is 4.57. The van der Waals surface area contributed by atoms with E-state index in [0.29, 0.717) is 6.54 Å². The summed E-state index contributed by atoms with van der Waals surface area (Å²) in [7, 11) is 0. The van der Waals surface area contributed by atoms with Crippen molar-refractivity contribution in [3.63, 3.8) is 0 Å². The first-order valence-electron chi connectivity index (χ1n) is 6.58. The van der Waals surface area contributed by atoms with Crippen LogP contribution >= 0.6 is 11.6 Å². The quantitative estimate of drug-likeness (QED) is 0.800. The van der Waals surface area contributed by atoms with Crippen LogP contribution in [0, 0.1) is 6.92 Å². The Bertz CT molecular complexity index is 762. The average Bonchev–Trinajstić information content (AvgIpc) is 2.77. The number of benzene rings is 2. The lowest BCUT2D eigenvalue weighted by atomic mass is 10.1. The Hall–Kier alpha value is -1.84. The van der Waals surface area contributed by atoms with E-state index in [2.05, 4.69) is 15.6 Å². The van der Waals surface area contributed by atoms with Gasteiger partial charge in [0, 0.05) is 11.6 Å². The first-order valence-corrected chi connectivity index (χ1v) is 6.96. The highest BCUT2D eigenvalue weighted by atomic mass is 35.5. The van der Waals surface area contributed by atoms with Gasteiger partial charge in [0.2, 0.25) is 0 Å². The lowest BCUT2D eigenvalue weighted by Crippen LogP contribution is -2.03. The van der Waals surface area contributed by atoms with Gasteiger partial charge in [0.15, 0.2) is 0 Å². The first-order chi connectivity index (χ1) is 9.69. The van der Waals surface area contributed by atoms with E-state index in [0.717, 1.165) is 39.6 Å². The van der Waals surface area contributed by atoms with Crippen molar-refractivity contribution >= 4 is 22.6 Å². The van der Waals surface area contributed by atoms with Crippen LogP contribution in [0.1, 0.15) is 17.0 Å². The van der Waals surface area contributed by atoms with Crippen LogP contribution in [0.3, 0.4) is 0 Å². The predicted octanol–water partition coefficient (Wildman–Crippen LogP) is 3.51. The van der Waals surface area contributed by atoms with E-state index in [9.17, 15) is 0 Å². The summed E-state index contributed by atoms with van der Waals surface area (Å²) >= 11 is 6.34. The van der Waals surface area contributed by atoms with Crippen LogP contribution in [0.25, 0.3) is 11.0 Å². The van der Waals surface area contributed by atoms with Gasteiger partial charge in [-0.3, -0.25) is 0 Å². The Labute approximate surface area is 123 Å². The van der Waals surface area contributed by atoms with Crippen molar-refractivity contribution in [1.82, 2.24) is 9.55 Å². The van der Waals surface area contributed by atoms with Crippen molar-refractivity contribution < 1.29 is 0 Å². The molecule has 0 spiro atoms. The van der Waals surface area contributed by atoms with Gasteiger partial charge < -0.3 is 10.3 Å². The topological polar surface area (TPSA) is 43.8 Å². The number of aromatic nitrogens is 2. The molecular weight excluding hydrogens is 270 g/mol. The second-order valence-corrected chi connectivity index (χ2v) is 5.27. The minimum atomic E-state index is 0.507. The molecule has 0 aliphatic carbocycles. The molecule has 2 aromatic carbocycles. The number of halogens is 1. The number of nitrogens with two attached hydrogens (primary N) is 1. The Morgan fingerprint density at radius 1 is 1.20 bits per heavy atom. The van der Waals surface area contributed by atoms with Gasteiger partial charge in [-0.2, -0.15) is 0 Å².